The topological polar surface area (TPSA) is 262 Å². The van der Waals surface area contributed by atoms with Crippen LogP contribution in [0.25, 0.3) is 0 Å². The third-order valence-corrected chi connectivity index (χ3v) is 6.18. The molecule has 0 aromatic heterocycles. The number of hydrogen-bond donors (Lipinski definition) is 5. The highest BCUT2D eigenvalue weighted by molar-refractivity contribution is 5.84. The van der Waals surface area contributed by atoms with E-state index in [1.165, 1.54) is 4.90 Å². The number of nitrogens with two attached hydrogens (primary N) is 1. The molecule has 0 aliphatic carbocycles. The Morgan fingerprint density at radius 2 is 1.17 bits per heavy atom. The Kier molecular flexibility index (Phi) is 31.6. The lowest BCUT2D eigenvalue weighted by Crippen LogP contribution is -2.44. The Morgan fingerprint density at radius 3 is 1.66 bits per heavy atom. The lowest BCUT2D eigenvalue weighted by molar-refractivity contribution is -0.192. The molecule has 17 heteroatoms. The monoisotopic (exact) mass is 678 g/mol. The first-order chi connectivity index (χ1) is 21.9. The van der Waals surface area contributed by atoms with Gasteiger partial charge in [-0.1, -0.05) is 33.1 Å². The minimum Gasteiger partial charge on any atom is -0.481 e. The zero-order chi connectivity index (χ0) is 36.8. The SMILES string of the molecule is CC(=O)O.CC(C)C[C@@H](N)C(=O)COCCCCCCCC(=O)CN(CCN(C)CC(=O)O)CCN(CC(=O)O)CC(=O)O.O=C=O. The Morgan fingerprint density at radius 1 is 0.723 bits per heavy atom. The molecule has 0 amide bonds. The van der Waals surface area contributed by atoms with Crippen LogP contribution < -0.4 is 5.73 Å². The van der Waals surface area contributed by atoms with Gasteiger partial charge < -0.3 is 30.9 Å². The lowest BCUT2D eigenvalue weighted by atomic mass is 10.0. The fraction of sp³-hybridized carbons (Fsp3) is 0.767. The molecule has 0 rings (SSSR count). The van der Waals surface area contributed by atoms with Crippen LogP contribution in [0, 0.1) is 5.92 Å². The van der Waals surface area contributed by atoms with Crippen LogP contribution in [-0.2, 0) is 43.1 Å². The number of likely N-dealkylation sites (N-methyl/N-ethyl adjacent to an activating group) is 1. The van der Waals surface area contributed by atoms with Gasteiger partial charge in [-0.15, -0.1) is 0 Å². The van der Waals surface area contributed by atoms with Crippen LogP contribution in [0.2, 0.25) is 0 Å². The van der Waals surface area contributed by atoms with Gasteiger partial charge in [0.1, 0.15) is 12.4 Å². The number of Topliss-reactive ketones (excluding diaryl/α,β-unsaturated/α-hetero) is 2. The smallest absolute Gasteiger partial charge is 0.373 e. The highest BCUT2D eigenvalue weighted by atomic mass is 16.5. The molecule has 0 aliphatic heterocycles. The molecule has 47 heavy (non-hydrogen) atoms. The number of carbonyl (C=O) groups excluding carboxylic acids is 4. The molecule has 0 saturated carbocycles. The van der Waals surface area contributed by atoms with Gasteiger partial charge in [0, 0.05) is 46.1 Å². The van der Waals surface area contributed by atoms with Crippen molar-refractivity contribution in [1.29, 1.82) is 0 Å². The summed E-state index contributed by atoms with van der Waals surface area (Å²) in [6.07, 6.45) is 5.55. The molecule has 0 fully saturated rings. The van der Waals surface area contributed by atoms with Gasteiger partial charge in [0.15, 0.2) is 5.78 Å². The van der Waals surface area contributed by atoms with E-state index >= 15 is 0 Å². The standard InChI is InChI=1S/C27H50N4O9.C2H4O2.CO2/c1-21(2)15-23(28)24(33)20-40-14-8-6-4-5-7-9-22(32)16-30(11-10-29(3)17-25(34)35)12-13-31(18-26(36)37)19-27(38)39;1-2(3)4;2-1-3/h21,23H,4-20,28H2,1-3H3,(H,34,35)(H,36,37)(H,38,39);1H3,(H,3,4);/t23-;;/m1../s1. The van der Waals surface area contributed by atoms with Crippen LogP contribution in [0.1, 0.15) is 65.7 Å². The first-order valence-corrected chi connectivity index (χ1v) is 15.3. The van der Waals surface area contributed by atoms with E-state index in [0.717, 1.165) is 39.0 Å². The Labute approximate surface area is 276 Å². The summed E-state index contributed by atoms with van der Waals surface area (Å²) >= 11 is 0. The van der Waals surface area contributed by atoms with Crippen molar-refractivity contribution in [2.24, 2.45) is 11.7 Å². The van der Waals surface area contributed by atoms with Gasteiger partial charge in [0.05, 0.1) is 32.2 Å². The summed E-state index contributed by atoms with van der Waals surface area (Å²) in [5.74, 6) is -3.79. The maximum atomic E-state index is 12.6. The Hall–Kier alpha value is -3.60. The molecule has 0 aromatic rings. The van der Waals surface area contributed by atoms with Crippen molar-refractivity contribution in [3.8, 4) is 0 Å². The average molecular weight is 679 g/mol. The number of hydrogen-bond acceptors (Lipinski definition) is 13. The number of aliphatic carboxylic acids is 4. The molecule has 0 aromatic carbocycles. The highest BCUT2D eigenvalue weighted by Gasteiger charge is 2.18. The average Bonchev–Trinajstić information content (AvgIpc) is 2.92. The van der Waals surface area contributed by atoms with Crippen LogP contribution in [0.4, 0.5) is 0 Å². The Balaban J connectivity index is -0.00000250. The van der Waals surface area contributed by atoms with E-state index in [2.05, 4.69) is 0 Å². The minimum absolute atomic E-state index is 0.0171. The van der Waals surface area contributed by atoms with E-state index in [1.807, 2.05) is 18.7 Å². The first kappa shape index (κ1) is 47.8. The van der Waals surface area contributed by atoms with Gasteiger partial charge in [0.2, 0.25) is 0 Å². The summed E-state index contributed by atoms with van der Waals surface area (Å²) in [6.45, 7) is 5.94. The van der Waals surface area contributed by atoms with Gasteiger partial charge >= 0.3 is 24.1 Å². The van der Waals surface area contributed by atoms with E-state index in [4.69, 9.17) is 45.3 Å². The van der Waals surface area contributed by atoms with E-state index in [9.17, 15) is 24.0 Å². The second-order valence-corrected chi connectivity index (χ2v) is 11.3. The third kappa shape index (κ3) is 38.5. The number of carboxylic acids is 4. The predicted molar refractivity (Wildman–Crippen MR) is 168 cm³/mol. The quantitative estimate of drug-likeness (QED) is 0.0724. The van der Waals surface area contributed by atoms with Gasteiger partial charge in [-0.05, 0) is 32.2 Å². The van der Waals surface area contributed by atoms with Crippen molar-refractivity contribution < 1.29 is 63.5 Å². The minimum atomic E-state index is -1.14. The van der Waals surface area contributed by atoms with Crippen LogP contribution in [0.15, 0.2) is 0 Å². The number of ether oxygens (including phenoxy) is 1. The number of rotatable bonds is 27. The Bertz CT molecular complexity index is 936. The highest BCUT2D eigenvalue weighted by Crippen LogP contribution is 2.08. The van der Waals surface area contributed by atoms with E-state index in [-0.39, 0.29) is 50.5 Å². The molecule has 0 bridgehead atoms. The van der Waals surface area contributed by atoms with Gasteiger partial charge in [-0.3, -0.25) is 43.5 Å². The fourth-order valence-corrected chi connectivity index (χ4v) is 4.08. The number of carbonyl (C=O) groups is 6. The summed E-state index contributed by atoms with van der Waals surface area (Å²) < 4.78 is 5.44. The molecule has 272 valence electrons. The van der Waals surface area contributed by atoms with E-state index in [0.29, 0.717) is 38.5 Å². The summed E-state index contributed by atoms with van der Waals surface area (Å²) in [4.78, 5) is 87.5. The van der Waals surface area contributed by atoms with Gasteiger partial charge in [-0.2, -0.15) is 9.59 Å². The molecule has 0 unspecified atom stereocenters. The zero-order valence-electron chi connectivity index (χ0n) is 28.1. The van der Waals surface area contributed by atoms with E-state index < -0.39 is 43.0 Å². The van der Waals surface area contributed by atoms with Crippen molar-refractivity contribution in [1.82, 2.24) is 14.7 Å². The van der Waals surface area contributed by atoms with Crippen molar-refractivity contribution in [2.45, 2.75) is 71.8 Å². The normalized spacial score (nSPS) is 11.3. The number of carboxylic acid groups (broad SMARTS) is 4. The molecule has 1 atom stereocenters. The van der Waals surface area contributed by atoms with Crippen molar-refractivity contribution in [3.63, 3.8) is 0 Å². The molecular weight excluding hydrogens is 624 g/mol. The zero-order valence-corrected chi connectivity index (χ0v) is 28.1. The summed E-state index contributed by atoms with van der Waals surface area (Å²) in [7, 11) is 1.65. The number of unbranched alkanes of at least 4 members (excludes halogenated alkanes) is 4. The summed E-state index contributed by atoms with van der Waals surface area (Å²) in [5, 5.41) is 34.5. The summed E-state index contributed by atoms with van der Waals surface area (Å²) in [5.41, 5.74) is 5.85. The molecule has 0 radical (unpaired) electrons. The van der Waals surface area contributed by atoms with Crippen LogP contribution in [0.3, 0.4) is 0 Å². The van der Waals surface area contributed by atoms with Gasteiger partial charge in [-0.25, -0.2) is 0 Å². The molecule has 17 nitrogen and oxygen atoms in total. The molecule has 0 heterocycles. The lowest BCUT2D eigenvalue weighted by Gasteiger charge is -2.27. The fourth-order valence-electron chi connectivity index (χ4n) is 4.08. The largest absolute Gasteiger partial charge is 0.481 e. The number of nitrogens with zero attached hydrogens (tertiary/aromatic N) is 3. The molecule has 6 N–H and O–H groups in total. The van der Waals surface area contributed by atoms with Crippen LogP contribution >= 0.6 is 0 Å². The van der Waals surface area contributed by atoms with Crippen molar-refractivity contribution in [3.05, 3.63) is 0 Å². The second-order valence-electron chi connectivity index (χ2n) is 11.3. The summed E-state index contributed by atoms with van der Waals surface area (Å²) in [6, 6.07) is -0.479. The molecule has 0 saturated heterocycles. The molecular formula is C30H54N4O13. The maximum Gasteiger partial charge on any atom is 0.373 e. The second kappa shape index (κ2) is 31.0. The number of ketones is 2. The third-order valence-electron chi connectivity index (χ3n) is 6.18. The van der Waals surface area contributed by atoms with Crippen LogP contribution in [-0.4, -0.2) is 155 Å². The van der Waals surface area contributed by atoms with Crippen molar-refractivity contribution in [2.75, 3.05) is 72.6 Å². The maximum absolute atomic E-state index is 12.6. The first-order valence-electron chi connectivity index (χ1n) is 15.3. The van der Waals surface area contributed by atoms with Crippen molar-refractivity contribution >= 4 is 41.6 Å². The van der Waals surface area contributed by atoms with E-state index in [1.54, 1.807) is 11.9 Å². The van der Waals surface area contributed by atoms with Crippen LogP contribution in [0.5, 0.6) is 0 Å². The van der Waals surface area contributed by atoms with Gasteiger partial charge in [0.25, 0.3) is 5.97 Å². The molecule has 0 spiro atoms. The molecule has 0 aliphatic rings. The predicted octanol–water partition coefficient (Wildman–Crippen LogP) is 0.152.